The summed E-state index contributed by atoms with van der Waals surface area (Å²) in [6.45, 7) is 0. The number of hydrogen-bond acceptors (Lipinski definition) is 2. The molecule has 0 bridgehead atoms. The number of benzene rings is 2. The maximum Gasteiger partial charge on any atom is 0.323 e. The average molecular weight is 288 g/mol. The van der Waals surface area contributed by atoms with Crippen molar-refractivity contribution in [3.05, 3.63) is 59.9 Å². The second-order valence-electron chi connectivity index (χ2n) is 4.32. The van der Waals surface area contributed by atoms with Crippen molar-refractivity contribution in [2.24, 2.45) is 0 Å². The number of carbonyl (C=O) groups is 2. The van der Waals surface area contributed by atoms with Crippen LogP contribution in [0, 0.1) is 5.82 Å². The Hall–Kier alpha value is -2.89. The molecule has 0 spiro atoms. The Bertz CT molecular complexity index is 673. The van der Waals surface area contributed by atoms with Crippen molar-refractivity contribution < 1.29 is 19.1 Å². The van der Waals surface area contributed by atoms with Gasteiger partial charge >= 0.3 is 12.0 Å². The van der Waals surface area contributed by atoms with Crippen LogP contribution in [0.1, 0.15) is 5.56 Å². The fourth-order valence-electron chi connectivity index (χ4n) is 1.81. The first-order valence-electron chi connectivity index (χ1n) is 6.18. The van der Waals surface area contributed by atoms with E-state index >= 15 is 0 Å². The Balaban J connectivity index is 2.07. The number of urea groups is 1. The van der Waals surface area contributed by atoms with Crippen LogP contribution < -0.4 is 10.6 Å². The van der Waals surface area contributed by atoms with Gasteiger partial charge in [-0.05, 0) is 29.8 Å². The first-order valence-corrected chi connectivity index (χ1v) is 6.18. The van der Waals surface area contributed by atoms with E-state index in [4.69, 9.17) is 5.11 Å². The van der Waals surface area contributed by atoms with Crippen molar-refractivity contribution in [3.63, 3.8) is 0 Å². The number of carboxylic acid groups (broad SMARTS) is 1. The zero-order valence-electron chi connectivity index (χ0n) is 11.0. The van der Waals surface area contributed by atoms with E-state index in [1.165, 1.54) is 18.2 Å². The molecule has 2 aromatic rings. The Morgan fingerprint density at radius 3 is 2.52 bits per heavy atom. The first-order chi connectivity index (χ1) is 10.0. The lowest BCUT2D eigenvalue weighted by Gasteiger charge is -2.11. The summed E-state index contributed by atoms with van der Waals surface area (Å²) in [5.41, 5.74) is 1.19. The topological polar surface area (TPSA) is 78.4 Å². The predicted molar refractivity (Wildman–Crippen MR) is 76.8 cm³/mol. The molecule has 0 aliphatic carbocycles. The second kappa shape index (κ2) is 6.51. The second-order valence-corrected chi connectivity index (χ2v) is 4.32. The van der Waals surface area contributed by atoms with Gasteiger partial charge < -0.3 is 15.7 Å². The van der Waals surface area contributed by atoms with Gasteiger partial charge in [-0.25, -0.2) is 9.18 Å². The van der Waals surface area contributed by atoms with Gasteiger partial charge in [0.2, 0.25) is 0 Å². The van der Waals surface area contributed by atoms with E-state index in [1.54, 1.807) is 30.3 Å². The summed E-state index contributed by atoms with van der Waals surface area (Å²) in [6.07, 6.45) is -0.198. The number of amides is 2. The molecule has 0 aliphatic heterocycles. The van der Waals surface area contributed by atoms with E-state index in [2.05, 4.69) is 10.6 Å². The molecule has 108 valence electrons. The lowest BCUT2D eigenvalue weighted by atomic mass is 10.1. The molecule has 0 fully saturated rings. The van der Waals surface area contributed by atoms with E-state index in [1.807, 2.05) is 0 Å². The molecule has 0 radical (unpaired) electrons. The number of hydrogen-bond donors (Lipinski definition) is 3. The van der Waals surface area contributed by atoms with E-state index < -0.39 is 17.8 Å². The highest BCUT2D eigenvalue weighted by atomic mass is 19.1. The largest absolute Gasteiger partial charge is 0.481 e. The number of aliphatic carboxylic acids is 1. The molecule has 0 saturated carbocycles. The van der Waals surface area contributed by atoms with Crippen molar-refractivity contribution in [2.75, 3.05) is 10.6 Å². The molecule has 21 heavy (non-hydrogen) atoms. The maximum atomic E-state index is 13.0. The van der Waals surface area contributed by atoms with Gasteiger partial charge in [0.15, 0.2) is 0 Å². The third kappa shape index (κ3) is 4.31. The molecule has 0 atom stereocenters. The fraction of sp³-hybridized carbons (Fsp3) is 0.0667. The van der Waals surface area contributed by atoms with Gasteiger partial charge in [0, 0.05) is 11.4 Å². The fourth-order valence-corrected chi connectivity index (χ4v) is 1.81. The van der Waals surface area contributed by atoms with Gasteiger partial charge in [-0.3, -0.25) is 4.79 Å². The molecule has 0 unspecified atom stereocenters. The molecular formula is C15H13FN2O3. The molecule has 3 N–H and O–H groups in total. The number of carboxylic acids is 1. The molecule has 0 aliphatic rings. The highest BCUT2D eigenvalue weighted by Gasteiger charge is 2.09. The Labute approximate surface area is 120 Å². The van der Waals surface area contributed by atoms with Crippen molar-refractivity contribution in [3.8, 4) is 0 Å². The molecule has 6 heteroatoms. The molecular weight excluding hydrogens is 275 g/mol. The third-order valence-corrected chi connectivity index (χ3v) is 2.69. The zero-order chi connectivity index (χ0) is 15.2. The van der Waals surface area contributed by atoms with Crippen LogP contribution in [-0.4, -0.2) is 17.1 Å². The molecule has 0 aromatic heterocycles. The Morgan fingerprint density at radius 2 is 1.81 bits per heavy atom. The number of rotatable bonds is 4. The SMILES string of the molecule is O=C(O)Cc1ccccc1NC(=O)Nc1cccc(F)c1. The summed E-state index contributed by atoms with van der Waals surface area (Å²) in [7, 11) is 0. The van der Waals surface area contributed by atoms with Gasteiger partial charge in [0.1, 0.15) is 5.82 Å². The predicted octanol–water partition coefficient (Wildman–Crippen LogP) is 3.10. The quantitative estimate of drug-likeness (QED) is 0.809. The van der Waals surface area contributed by atoms with Gasteiger partial charge in [-0.1, -0.05) is 24.3 Å². The Kier molecular flexibility index (Phi) is 4.50. The van der Waals surface area contributed by atoms with Crippen LogP contribution in [0.5, 0.6) is 0 Å². The first kappa shape index (κ1) is 14.5. The van der Waals surface area contributed by atoms with Crippen molar-refractivity contribution in [2.45, 2.75) is 6.42 Å². The smallest absolute Gasteiger partial charge is 0.323 e. The van der Waals surface area contributed by atoms with E-state index in [0.29, 0.717) is 16.9 Å². The van der Waals surface area contributed by atoms with Crippen LogP contribution in [0.4, 0.5) is 20.6 Å². The molecule has 0 heterocycles. The maximum absolute atomic E-state index is 13.0. The molecule has 0 saturated heterocycles. The summed E-state index contributed by atoms with van der Waals surface area (Å²) in [4.78, 5) is 22.6. The summed E-state index contributed by atoms with van der Waals surface area (Å²) in [5, 5.41) is 13.8. The molecule has 5 nitrogen and oxygen atoms in total. The summed E-state index contributed by atoms with van der Waals surface area (Å²) >= 11 is 0. The number of para-hydroxylation sites is 1. The lowest BCUT2D eigenvalue weighted by Crippen LogP contribution is -2.20. The monoisotopic (exact) mass is 288 g/mol. The molecule has 2 aromatic carbocycles. The summed E-state index contributed by atoms with van der Waals surface area (Å²) in [6, 6.07) is 11.5. The average Bonchev–Trinajstić information content (AvgIpc) is 2.40. The van der Waals surface area contributed by atoms with Crippen molar-refractivity contribution in [1.29, 1.82) is 0 Å². The summed E-state index contributed by atoms with van der Waals surface area (Å²) in [5.74, 6) is -1.45. The molecule has 2 amide bonds. The van der Waals surface area contributed by atoms with Crippen LogP contribution in [-0.2, 0) is 11.2 Å². The normalized spacial score (nSPS) is 9.95. The minimum absolute atomic E-state index is 0.198. The third-order valence-electron chi connectivity index (χ3n) is 2.69. The Morgan fingerprint density at radius 1 is 1.05 bits per heavy atom. The van der Waals surface area contributed by atoms with Gasteiger partial charge in [-0.15, -0.1) is 0 Å². The van der Waals surface area contributed by atoms with Crippen LogP contribution in [0.3, 0.4) is 0 Å². The minimum atomic E-state index is -0.991. The highest BCUT2D eigenvalue weighted by molar-refractivity contribution is 6.00. The zero-order valence-corrected chi connectivity index (χ0v) is 11.0. The standard InChI is InChI=1S/C15H13FN2O3/c16-11-5-3-6-12(9-11)17-15(21)18-13-7-2-1-4-10(13)8-14(19)20/h1-7,9H,8H2,(H,19,20)(H2,17,18,21). The van der Waals surface area contributed by atoms with E-state index in [-0.39, 0.29) is 6.42 Å². The molecule has 2 rings (SSSR count). The van der Waals surface area contributed by atoms with Crippen LogP contribution in [0.15, 0.2) is 48.5 Å². The van der Waals surface area contributed by atoms with E-state index in [0.717, 1.165) is 0 Å². The van der Waals surface area contributed by atoms with Crippen LogP contribution >= 0.6 is 0 Å². The minimum Gasteiger partial charge on any atom is -0.481 e. The lowest BCUT2D eigenvalue weighted by molar-refractivity contribution is -0.136. The van der Waals surface area contributed by atoms with Crippen LogP contribution in [0.25, 0.3) is 0 Å². The van der Waals surface area contributed by atoms with Gasteiger partial charge in [0.25, 0.3) is 0 Å². The van der Waals surface area contributed by atoms with E-state index in [9.17, 15) is 14.0 Å². The van der Waals surface area contributed by atoms with Gasteiger partial charge in [0.05, 0.1) is 6.42 Å². The number of nitrogens with one attached hydrogen (secondary N) is 2. The number of halogens is 1. The number of carbonyl (C=O) groups excluding carboxylic acids is 1. The highest BCUT2D eigenvalue weighted by Crippen LogP contribution is 2.16. The van der Waals surface area contributed by atoms with Crippen LogP contribution in [0.2, 0.25) is 0 Å². The number of anilines is 2. The van der Waals surface area contributed by atoms with Gasteiger partial charge in [-0.2, -0.15) is 0 Å². The van der Waals surface area contributed by atoms with Crippen molar-refractivity contribution >= 4 is 23.4 Å². The van der Waals surface area contributed by atoms with Crippen molar-refractivity contribution in [1.82, 2.24) is 0 Å². The summed E-state index contributed by atoms with van der Waals surface area (Å²) < 4.78 is 13.0.